The molecule has 16 heavy (non-hydrogen) atoms. The summed E-state index contributed by atoms with van der Waals surface area (Å²) in [5.41, 5.74) is 6.69. The molecule has 3 N–H and O–H groups in total. The summed E-state index contributed by atoms with van der Waals surface area (Å²) in [7, 11) is 0. The third-order valence-corrected chi connectivity index (χ3v) is 3.17. The van der Waals surface area contributed by atoms with Gasteiger partial charge in [0.15, 0.2) is 0 Å². The third kappa shape index (κ3) is 5.32. The Bertz CT molecular complexity index is 281. The molecular formula is C15H26N+. The van der Waals surface area contributed by atoms with E-state index in [-0.39, 0.29) is 0 Å². The molecule has 90 valence electrons. The van der Waals surface area contributed by atoms with Crippen molar-refractivity contribution in [3.8, 4) is 0 Å². The molecule has 0 saturated heterocycles. The van der Waals surface area contributed by atoms with Crippen LogP contribution in [0.4, 0.5) is 5.69 Å². The second kappa shape index (κ2) is 8.35. The highest BCUT2D eigenvalue weighted by atomic mass is 14.6. The van der Waals surface area contributed by atoms with Gasteiger partial charge in [0.2, 0.25) is 0 Å². The number of benzene rings is 1. The van der Waals surface area contributed by atoms with Crippen molar-refractivity contribution in [1.82, 2.24) is 0 Å². The number of unbranched alkanes of at least 4 members (excludes halogenated alkanes) is 6. The lowest BCUT2D eigenvalue weighted by Crippen LogP contribution is -2.41. The predicted molar refractivity (Wildman–Crippen MR) is 70.7 cm³/mol. The van der Waals surface area contributed by atoms with Crippen molar-refractivity contribution in [2.75, 3.05) is 0 Å². The Labute approximate surface area is 100 Å². The molecule has 1 rings (SSSR count). The van der Waals surface area contributed by atoms with Crippen LogP contribution in [0.3, 0.4) is 0 Å². The van der Waals surface area contributed by atoms with Crippen molar-refractivity contribution in [2.24, 2.45) is 0 Å². The normalized spacial score (nSPS) is 10.6. The smallest absolute Gasteiger partial charge is 0.131 e. The van der Waals surface area contributed by atoms with Crippen molar-refractivity contribution in [1.29, 1.82) is 0 Å². The molecule has 0 aliphatic rings. The van der Waals surface area contributed by atoms with Gasteiger partial charge in [-0.05, 0) is 18.9 Å². The molecule has 0 bridgehead atoms. The molecule has 0 aliphatic carbocycles. The quantitative estimate of drug-likeness (QED) is 0.644. The summed E-state index contributed by atoms with van der Waals surface area (Å²) < 4.78 is 0. The van der Waals surface area contributed by atoms with Gasteiger partial charge >= 0.3 is 0 Å². The van der Waals surface area contributed by atoms with Gasteiger partial charge < -0.3 is 5.73 Å². The number of rotatable bonds is 8. The molecule has 0 radical (unpaired) electrons. The van der Waals surface area contributed by atoms with E-state index in [1.807, 2.05) is 0 Å². The van der Waals surface area contributed by atoms with E-state index in [4.69, 9.17) is 0 Å². The van der Waals surface area contributed by atoms with E-state index in [0.717, 1.165) is 0 Å². The van der Waals surface area contributed by atoms with Gasteiger partial charge in [0.05, 0.1) is 0 Å². The number of hydrogen-bond acceptors (Lipinski definition) is 0. The van der Waals surface area contributed by atoms with Crippen LogP contribution in [-0.2, 0) is 6.42 Å². The van der Waals surface area contributed by atoms with Gasteiger partial charge in [0.25, 0.3) is 0 Å². The van der Waals surface area contributed by atoms with E-state index in [1.54, 1.807) is 0 Å². The van der Waals surface area contributed by atoms with E-state index in [2.05, 4.69) is 36.9 Å². The summed E-state index contributed by atoms with van der Waals surface area (Å²) in [5, 5.41) is 0. The second-order valence-corrected chi connectivity index (χ2v) is 4.64. The Hall–Kier alpha value is -0.820. The maximum atomic E-state index is 4.06. The number of aryl methyl sites for hydroxylation is 1. The van der Waals surface area contributed by atoms with Gasteiger partial charge in [-0.2, -0.15) is 0 Å². The van der Waals surface area contributed by atoms with Gasteiger partial charge in [0, 0.05) is 5.56 Å². The number of quaternary nitrogens is 1. The lowest BCUT2D eigenvalue weighted by atomic mass is 10.0. The van der Waals surface area contributed by atoms with Gasteiger partial charge in [-0.25, -0.2) is 0 Å². The topological polar surface area (TPSA) is 27.6 Å². The van der Waals surface area contributed by atoms with E-state index in [0.29, 0.717) is 0 Å². The molecular weight excluding hydrogens is 194 g/mol. The molecule has 1 heteroatoms. The molecule has 0 atom stereocenters. The Morgan fingerprint density at radius 1 is 0.875 bits per heavy atom. The van der Waals surface area contributed by atoms with E-state index < -0.39 is 0 Å². The minimum Gasteiger partial charge on any atom is -0.325 e. The maximum absolute atomic E-state index is 4.06. The second-order valence-electron chi connectivity index (χ2n) is 4.64. The molecule has 1 aromatic carbocycles. The predicted octanol–water partition coefficient (Wildman–Crippen LogP) is 3.85. The van der Waals surface area contributed by atoms with E-state index >= 15 is 0 Å². The van der Waals surface area contributed by atoms with Crippen molar-refractivity contribution < 1.29 is 5.73 Å². The summed E-state index contributed by atoms with van der Waals surface area (Å²) >= 11 is 0. The zero-order valence-corrected chi connectivity index (χ0v) is 10.7. The SMILES string of the molecule is CCCCCCCCCc1ccccc1[NH3+]. The van der Waals surface area contributed by atoms with Crippen molar-refractivity contribution in [3.63, 3.8) is 0 Å². The Morgan fingerprint density at radius 3 is 2.19 bits per heavy atom. The van der Waals surface area contributed by atoms with Crippen LogP contribution in [-0.4, -0.2) is 0 Å². The highest BCUT2D eigenvalue weighted by Gasteiger charge is 2.00. The van der Waals surface area contributed by atoms with Gasteiger partial charge in [-0.15, -0.1) is 0 Å². The van der Waals surface area contributed by atoms with Crippen molar-refractivity contribution >= 4 is 5.69 Å². The van der Waals surface area contributed by atoms with Crippen LogP contribution in [0.15, 0.2) is 24.3 Å². The summed E-state index contributed by atoms with van der Waals surface area (Å²) in [5.74, 6) is 0. The lowest BCUT2D eigenvalue weighted by Gasteiger charge is -2.03. The highest BCUT2D eigenvalue weighted by molar-refractivity contribution is 5.37. The molecule has 0 heterocycles. The van der Waals surface area contributed by atoms with Crippen LogP contribution < -0.4 is 5.73 Å². The monoisotopic (exact) mass is 220 g/mol. The van der Waals surface area contributed by atoms with Crippen LogP contribution in [0.25, 0.3) is 0 Å². The summed E-state index contributed by atoms with van der Waals surface area (Å²) in [6, 6.07) is 8.50. The molecule has 0 saturated carbocycles. The zero-order valence-electron chi connectivity index (χ0n) is 10.7. The molecule has 0 aromatic heterocycles. The molecule has 0 fully saturated rings. The average Bonchev–Trinajstić information content (AvgIpc) is 2.30. The van der Waals surface area contributed by atoms with E-state index in [1.165, 1.54) is 62.6 Å². The minimum absolute atomic E-state index is 1.20. The average molecular weight is 220 g/mol. The van der Waals surface area contributed by atoms with Gasteiger partial charge in [0.1, 0.15) is 5.69 Å². The Morgan fingerprint density at radius 2 is 1.50 bits per heavy atom. The molecule has 0 amide bonds. The van der Waals surface area contributed by atoms with Crippen LogP contribution in [0.5, 0.6) is 0 Å². The fourth-order valence-electron chi connectivity index (χ4n) is 2.07. The Kier molecular flexibility index (Phi) is 6.91. The standard InChI is InChI=1S/C15H25N/c1-2-3-4-5-6-7-8-11-14-12-9-10-13-15(14)16/h9-10,12-13H,2-8,11,16H2,1H3/p+1. The molecule has 0 aliphatic heterocycles. The lowest BCUT2D eigenvalue weighted by molar-refractivity contribution is -0.255. The van der Waals surface area contributed by atoms with Gasteiger partial charge in [-0.1, -0.05) is 63.6 Å². The van der Waals surface area contributed by atoms with Crippen LogP contribution >= 0.6 is 0 Å². The summed E-state index contributed by atoms with van der Waals surface area (Å²) in [4.78, 5) is 0. The van der Waals surface area contributed by atoms with Crippen LogP contribution in [0, 0.1) is 0 Å². The Balaban J connectivity index is 2.05. The third-order valence-electron chi connectivity index (χ3n) is 3.17. The maximum Gasteiger partial charge on any atom is 0.131 e. The number of hydrogen-bond donors (Lipinski definition) is 1. The van der Waals surface area contributed by atoms with Crippen molar-refractivity contribution in [3.05, 3.63) is 29.8 Å². The summed E-state index contributed by atoms with van der Waals surface area (Å²) in [6.07, 6.45) is 10.9. The van der Waals surface area contributed by atoms with E-state index in [9.17, 15) is 0 Å². The molecule has 0 unspecified atom stereocenters. The van der Waals surface area contributed by atoms with Crippen molar-refractivity contribution in [2.45, 2.75) is 58.3 Å². The highest BCUT2D eigenvalue weighted by Crippen LogP contribution is 2.14. The fraction of sp³-hybridized carbons (Fsp3) is 0.600. The molecule has 1 aromatic rings. The van der Waals surface area contributed by atoms with Gasteiger partial charge in [-0.3, -0.25) is 0 Å². The first-order valence-corrected chi connectivity index (χ1v) is 6.74. The zero-order chi connectivity index (χ0) is 11.6. The van der Waals surface area contributed by atoms with Crippen LogP contribution in [0.2, 0.25) is 0 Å². The minimum atomic E-state index is 1.20. The largest absolute Gasteiger partial charge is 0.325 e. The van der Waals surface area contributed by atoms with Crippen LogP contribution in [0.1, 0.15) is 57.4 Å². The fourth-order valence-corrected chi connectivity index (χ4v) is 2.07. The molecule has 0 spiro atoms. The molecule has 1 nitrogen and oxygen atoms in total. The first-order valence-electron chi connectivity index (χ1n) is 6.74. The first-order chi connectivity index (χ1) is 7.84. The first kappa shape index (κ1) is 13.2. The summed E-state index contributed by atoms with van der Waals surface area (Å²) in [6.45, 7) is 2.27.